The molecule has 4 nitrogen and oxygen atoms in total. The average Bonchev–Trinajstić information content (AvgIpc) is 2.95. The third-order valence-corrected chi connectivity index (χ3v) is 5.29. The largest absolute Gasteiger partial charge is 0.325 e. The van der Waals surface area contributed by atoms with Gasteiger partial charge in [-0.25, -0.2) is 4.98 Å². The van der Waals surface area contributed by atoms with Crippen LogP contribution >= 0.6 is 15.9 Å². The molecular formula is C19H18BrN3O. The molecule has 0 saturated carbocycles. The maximum atomic E-state index is 12.7. The number of nitrogens with one attached hydrogen (secondary N) is 1. The van der Waals surface area contributed by atoms with E-state index in [1.54, 1.807) is 0 Å². The molecule has 0 radical (unpaired) electrons. The van der Waals surface area contributed by atoms with E-state index in [0.717, 1.165) is 46.3 Å². The van der Waals surface area contributed by atoms with Crippen LogP contribution in [0.15, 0.2) is 47.1 Å². The summed E-state index contributed by atoms with van der Waals surface area (Å²) in [5.74, 6) is 0.0573. The summed E-state index contributed by atoms with van der Waals surface area (Å²) < 4.78 is 3.03. The second-order valence-electron chi connectivity index (χ2n) is 6.35. The standard InChI is InChI=1S/C19H18BrN3O/c1-12-5-7-15(14(20)10-12)22-19(24)13-6-8-16-17(11-13)23-9-3-2-4-18(23)21-16/h2-5,7,9-10,13H,6,8,11H2,1H3,(H,22,24). The van der Waals surface area contributed by atoms with E-state index < -0.39 is 0 Å². The summed E-state index contributed by atoms with van der Waals surface area (Å²) in [5.41, 5.74) is 5.24. The zero-order valence-corrected chi connectivity index (χ0v) is 15.0. The van der Waals surface area contributed by atoms with Crippen molar-refractivity contribution in [1.29, 1.82) is 0 Å². The number of benzene rings is 1. The first-order valence-corrected chi connectivity index (χ1v) is 8.93. The first-order valence-electron chi connectivity index (χ1n) is 8.13. The lowest BCUT2D eigenvalue weighted by atomic mass is 9.89. The van der Waals surface area contributed by atoms with E-state index in [-0.39, 0.29) is 11.8 Å². The first-order chi connectivity index (χ1) is 11.6. The van der Waals surface area contributed by atoms with Crippen molar-refractivity contribution in [2.45, 2.75) is 26.2 Å². The molecule has 1 unspecified atom stereocenters. The van der Waals surface area contributed by atoms with Crippen LogP contribution in [-0.2, 0) is 17.6 Å². The van der Waals surface area contributed by atoms with E-state index in [0.29, 0.717) is 0 Å². The van der Waals surface area contributed by atoms with Crippen molar-refractivity contribution in [2.24, 2.45) is 5.92 Å². The number of halogens is 1. The van der Waals surface area contributed by atoms with Gasteiger partial charge in [0.25, 0.3) is 0 Å². The summed E-state index contributed by atoms with van der Waals surface area (Å²) in [7, 11) is 0. The van der Waals surface area contributed by atoms with Gasteiger partial charge in [-0.05, 0) is 65.5 Å². The van der Waals surface area contributed by atoms with Gasteiger partial charge in [-0.15, -0.1) is 0 Å². The normalized spacial score (nSPS) is 16.8. The van der Waals surface area contributed by atoms with E-state index in [1.165, 1.54) is 5.69 Å². The fourth-order valence-corrected chi connectivity index (χ4v) is 3.93. The Balaban J connectivity index is 1.56. The molecule has 5 heteroatoms. The number of pyridine rings is 1. The highest BCUT2D eigenvalue weighted by Gasteiger charge is 2.28. The molecule has 0 bridgehead atoms. The number of hydrogen-bond donors (Lipinski definition) is 1. The number of hydrogen-bond acceptors (Lipinski definition) is 2. The van der Waals surface area contributed by atoms with Crippen molar-refractivity contribution in [3.05, 3.63) is 64.0 Å². The van der Waals surface area contributed by atoms with Gasteiger partial charge >= 0.3 is 0 Å². The molecule has 24 heavy (non-hydrogen) atoms. The van der Waals surface area contributed by atoms with Gasteiger partial charge < -0.3 is 9.72 Å². The number of nitrogens with zero attached hydrogens (tertiary/aromatic N) is 2. The topological polar surface area (TPSA) is 46.4 Å². The maximum Gasteiger partial charge on any atom is 0.227 e. The Kier molecular flexibility index (Phi) is 3.88. The molecule has 1 atom stereocenters. The predicted molar refractivity (Wildman–Crippen MR) is 98.2 cm³/mol. The molecule has 0 spiro atoms. The molecular weight excluding hydrogens is 366 g/mol. The Bertz CT molecular complexity index is 932. The number of fused-ring (bicyclic) bond motifs is 3. The molecule has 0 fully saturated rings. The third kappa shape index (κ3) is 2.73. The summed E-state index contributed by atoms with van der Waals surface area (Å²) in [4.78, 5) is 17.4. The second-order valence-corrected chi connectivity index (χ2v) is 7.20. The summed E-state index contributed by atoms with van der Waals surface area (Å²) >= 11 is 3.52. The fraction of sp³-hybridized carbons (Fsp3) is 0.263. The molecule has 0 aliphatic heterocycles. The number of anilines is 1. The minimum atomic E-state index is -0.0224. The molecule has 1 aromatic carbocycles. The SMILES string of the molecule is Cc1ccc(NC(=O)C2CCc3nc4ccccn4c3C2)c(Br)c1. The maximum absolute atomic E-state index is 12.7. The molecule has 1 aliphatic carbocycles. The molecule has 1 aliphatic rings. The van der Waals surface area contributed by atoms with Crippen LogP contribution in [0.4, 0.5) is 5.69 Å². The highest BCUT2D eigenvalue weighted by Crippen LogP contribution is 2.29. The van der Waals surface area contributed by atoms with Crippen LogP contribution in [-0.4, -0.2) is 15.3 Å². The molecule has 2 aromatic heterocycles. The van der Waals surface area contributed by atoms with E-state index in [4.69, 9.17) is 0 Å². The average molecular weight is 384 g/mol. The number of amides is 1. The molecule has 3 aromatic rings. The van der Waals surface area contributed by atoms with Crippen LogP contribution in [0, 0.1) is 12.8 Å². The molecule has 0 saturated heterocycles. The lowest BCUT2D eigenvalue weighted by molar-refractivity contribution is -0.120. The van der Waals surface area contributed by atoms with Gasteiger partial charge in [0.05, 0.1) is 11.4 Å². The summed E-state index contributed by atoms with van der Waals surface area (Å²) in [6.45, 7) is 2.03. The zero-order chi connectivity index (χ0) is 16.7. The van der Waals surface area contributed by atoms with Crippen LogP contribution in [0.3, 0.4) is 0 Å². The molecule has 2 heterocycles. The third-order valence-electron chi connectivity index (χ3n) is 4.63. The molecule has 4 rings (SSSR count). The number of aryl methyl sites for hydroxylation is 2. The van der Waals surface area contributed by atoms with Gasteiger partial charge in [0.2, 0.25) is 5.91 Å². The summed E-state index contributed by atoms with van der Waals surface area (Å²) in [5, 5.41) is 3.06. The Morgan fingerprint density at radius 1 is 1.33 bits per heavy atom. The van der Waals surface area contributed by atoms with Crippen molar-refractivity contribution in [3.8, 4) is 0 Å². The van der Waals surface area contributed by atoms with E-state index in [9.17, 15) is 4.79 Å². The van der Waals surface area contributed by atoms with Crippen LogP contribution < -0.4 is 5.32 Å². The lowest BCUT2D eigenvalue weighted by Crippen LogP contribution is -2.28. The summed E-state index contributed by atoms with van der Waals surface area (Å²) in [6.07, 6.45) is 4.45. The smallest absolute Gasteiger partial charge is 0.227 e. The Morgan fingerprint density at radius 2 is 2.21 bits per heavy atom. The number of rotatable bonds is 2. The van der Waals surface area contributed by atoms with Gasteiger partial charge in [0.15, 0.2) is 0 Å². The monoisotopic (exact) mass is 383 g/mol. The first kappa shape index (κ1) is 15.4. The second kappa shape index (κ2) is 6.06. The summed E-state index contributed by atoms with van der Waals surface area (Å²) in [6, 6.07) is 12.0. The number of carbonyl (C=O) groups excluding carboxylic acids is 1. The Hall–Kier alpha value is -2.14. The predicted octanol–water partition coefficient (Wildman–Crippen LogP) is 4.15. The van der Waals surface area contributed by atoms with Gasteiger partial charge in [-0.3, -0.25) is 4.79 Å². The van der Waals surface area contributed by atoms with E-state index >= 15 is 0 Å². The van der Waals surface area contributed by atoms with Crippen molar-refractivity contribution in [1.82, 2.24) is 9.38 Å². The van der Waals surface area contributed by atoms with Gasteiger partial charge in [0.1, 0.15) is 5.65 Å². The molecule has 1 N–H and O–H groups in total. The van der Waals surface area contributed by atoms with E-state index in [1.807, 2.05) is 49.5 Å². The Labute approximate surface area is 149 Å². The van der Waals surface area contributed by atoms with Crippen molar-refractivity contribution < 1.29 is 4.79 Å². The van der Waals surface area contributed by atoms with Gasteiger partial charge in [-0.2, -0.15) is 0 Å². The minimum Gasteiger partial charge on any atom is -0.325 e. The number of imidazole rings is 1. The van der Waals surface area contributed by atoms with Crippen molar-refractivity contribution in [2.75, 3.05) is 5.32 Å². The highest BCUT2D eigenvalue weighted by molar-refractivity contribution is 9.10. The van der Waals surface area contributed by atoms with Crippen molar-refractivity contribution in [3.63, 3.8) is 0 Å². The number of carbonyl (C=O) groups is 1. The fourth-order valence-electron chi connectivity index (χ4n) is 3.34. The molecule has 122 valence electrons. The number of aromatic nitrogens is 2. The van der Waals surface area contributed by atoms with Crippen LogP contribution in [0.1, 0.15) is 23.4 Å². The van der Waals surface area contributed by atoms with E-state index in [2.05, 4.69) is 30.6 Å². The highest BCUT2D eigenvalue weighted by atomic mass is 79.9. The van der Waals surface area contributed by atoms with Crippen LogP contribution in [0.2, 0.25) is 0 Å². The van der Waals surface area contributed by atoms with Crippen LogP contribution in [0.25, 0.3) is 5.65 Å². The van der Waals surface area contributed by atoms with Gasteiger partial charge in [0, 0.05) is 28.7 Å². The lowest BCUT2D eigenvalue weighted by Gasteiger charge is -2.21. The van der Waals surface area contributed by atoms with Gasteiger partial charge in [-0.1, -0.05) is 12.1 Å². The quantitative estimate of drug-likeness (QED) is 0.722. The minimum absolute atomic E-state index is 0.0224. The zero-order valence-electron chi connectivity index (χ0n) is 13.4. The Morgan fingerprint density at radius 3 is 3.04 bits per heavy atom. The van der Waals surface area contributed by atoms with Crippen molar-refractivity contribution >= 4 is 33.2 Å². The van der Waals surface area contributed by atoms with Crippen LogP contribution in [0.5, 0.6) is 0 Å². The molecule has 1 amide bonds.